The highest BCUT2D eigenvalue weighted by molar-refractivity contribution is 7.92. The third-order valence-electron chi connectivity index (χ3n) is 6.55. The van der Waals surface area contributed by atoms with E-state index in [2.05, 4.69) is 14.6 Å². The molecule has 2 aliphatic heterocycles. The molecule has 2 aliphatic rings. The van der Waals surface area contributed by atoms with E-state index in [1.807, 2.05) is 26.1 Å². The number of aryl methyl sites for hydroxylation is 1. The number of hydrogen-bond donors (Lipinski definition) is 1. The van der Waals surface area contributed by atoms with Crippen molar-refractivity contribution in [3.63, 3.8) is 0 Å². The Labute approximate surface area is 215 Å². The molecule has 5 rings (SSSR count). The maximum absolute atomic E-state index is 13.7. The summed E-state index contributed by atoms with van der Waals surface area (Å²) in [6.45, 7) is 6.06. The Morgan fingerprint density at radius 3 is 2.69 bits per heavy atom. The molecule has 1 fully saturated rings. The Kier molecular flexibility index (Phi) is 6.37. The van der Waals surface area contributed by atoms with Crippen LogP contribution in [0.2, 0.25) is 5.02 Å². The highest BCUT2D eigenvalue weighted by atomic mass is 35.5. The van der Waals surface area contributed by atoms with Crippen LogP contribution in [0.3, 0.4) is 0 Å². The van der Waals surface area contributed by atoms with Crippen LogP contribution in [-0.4, -0.2) is 65.5 Å². The Balaban J connectivity index is 1.50. The van der Waals surface area contributed by atoms with Gasteiger partial charge >= 0.3 is 0 Å². The largest absolute Gasteiger partial charge is 0.330 e. The fourth-order valence-corrected chi connectivity index (χ4v) is 5.64. The van der Waals surface area contributed by atoms with Crippen LogP contribution in [0.15, 0.2) is 35.5 Å². The molecule has 1 N–H and O–H groups in total. The van der Waals surface area contributed by atoms with Crippen molar-refractivity contribution >= 4 is 50.5 Å². The maximum atomic E-state index is 13.7. The van der Waals surface area contributed by atoms with E-state index in [0.717, 1.165) is 61.5 Å². The number of piperidine rings is 1. The molecule has 10 nitrogen and oxygen atoms in total. The standard InChI is InChI=1S/C24H28ClN7O3S/c1-15-14-32-22(27-23(15)30-11-9-26-16(30)2)13-20(28-32)21-6-4-5-10-31(21)24(33)18-12-17(25)7-8-19(18)29-36(3,34)35/h7-8,12-14,21,29H,4-6,9-11H2,1-3H3/t21-/m0/s1. The van der Waals surface area contributed by atoms with Crippen molar-refractivity contribution in [2.45, 2.75) is 39.2 Å². The maximum Gasteiger partial charge on any atom is 0.256 e. The van der Waals surface area contributed by atoms with Gasteiger partial charge in [-0.2, -0.15) is 5.10 Å². The van der Waals surface area contributed by atoms with Gasteiger partial charge in [0.05, 0.1) is 35.8 Å². The second-order valence-corrected chi connectivity index (χ2v) is 11.5. The van der Waals surface area contributed by atoms with E-state index < -0.39 is 10.0 Å². The summed E-state index contributed by atoms with van der Waals surface area (Å²) in [4.78, 5) is 26.9. The first-order valence-electron chi connectivity index (χ1n) is 11.8. The number of amides is 1. The molecule has 4 heterocycles. The topological polar surface area (TPSA) is 112 Å². The minimum absolute atomic E-state index is 0.204. The molecule has 1 atom stereocenters. The van der Waals surface area contributed by atoms with E-state index >= 15 is 0 Å². The second kappa shape index (κ2) is 9.36. The first kappa shape index (κ1) is 24.5. The summed E-state index contributed by atoms with van der Waals surface area (Å²) >= 11 is 6.19. The van der Waals surface area contributed by atoms with Gasteiger partial charge in [-0.3, -0.25) is 14.5 Å². The molecule has 3 aromatic rings. The number of amidine groups is 1. The predicted molar refractivity (Wildman–Crippen MR) is 141 cm³/mol. The molecule has 36 heavy (non-hydrogen) atoms. The van der Waals surface area contributed by atoms with Crippen molar-refractivity contribution in [1.29, 1.82) is 0 Å². The Bertz CT molecular complexity index is 1480. The van der Waals surface area contributed by atoms with Crippen LogP contribution in [0.4, 0.5) is 11.5 Å². The van der Waals surface area contributed by atoms with Gasteiger partial charge in [0.15, 0.2) is 5.65 Å². The second-order valence-electron chi connectivity index (χ2n) is 9.27. The normalized spacial score (nSPS) is 18.6. The van der Waals surface area contributed by atoms with Gasteiger partial charge < -0.3 is 9.80 Å². The number of hydrogen-bond acceptors (Lipinski definition) is 7. The van der Waals surface area contributed by atoms with Crippen molar-refractivity contribution in [1.82, 2.24) is 19.5 Å². The van der Waals surface area contributed by atoms with Gasteiger partial charge in [-0.25, -0.2) is 17.9 Å². The molecule has 0 spiro atoms. The smallest absolute Gasteiger partial charge is 0.256 e. The van der Waals surface area contributed by atoms with Crippen LogP contribution >= 0.6 is 11.6 Å². The summed E-state index contributed by atoms with van der Waals surface area (Å²) in [5.74, 6) is 1.51. The number of nitrogens with one attached hydrogen (secondary N) is 1. The van der Waals surface area contributed by atoms with Crippen molar-refractivity contribution < 1.29 is 13.2 Å². The van der Waals surface area contributed by atoms with E-state index in [0.29, 0.717) is 17.2 Å². The van der Waals surface area contributed by atoms with Gasteiger partial charge in [0.25, 0.3) is 5.91 Å². The molecule has 0 aliphatic carbocycles. The molecule has 0 saturated carbocycles. The van der Waals surface area contributed by atoms with Crippen LogP contribution in [0.1, 0.15) is 53.8 Å². The molecule has 190 valence electrons. The zero-order valence-corrected chi connectivity index (χ0v) is 22.0. The molecular formula is C24H28ClN7O3S. The number of anilines is 2. The van der Waals surface area contributed by atoms with Crippen molar-refractivity contribution in [3.05, 3.63) is 52.3 Å². The van der Waals surface area contributed by atoms with E-state index in [1.165, 1.54) is 12.1 Å². The SMILES string of the molecule is CC1=NCCN1c1nc2cc([C@@H]3CCCCN3C(=O)c3cc(Cl)ccc3NS(C)(=O)=O)nn2cc1C. The number of fused-ring (bicyclic) bond motifs is 1. The van der Waals surface area contributed by atoms with Gasteiger partial charge in [-0.05, 0) is 51.3 Å². The third-order valence-corrected chi connectivity index (χ3v) is 7.37. The molecule has 0 bridgehead atoms. The van der Waals surface area contributed by atoms with Gasteiger partial charge in [-0.15, -0.1) is 0 Å². The van der Waals surface area contributed by atoms with Gasteiger partial charge in [0.2, 0.25) is 10.0 Å². The molecule has 1 aromatic carbocycles. The lowest BCUT2D eigenvalue weighted by molar-refractivity contribution is 0.0607. The van der Waals surface area contributed by atoms with Crippen LogP contribution in [0, 0.1) is 6.92 Å². The van der Waals surface area contributed by atoms with Crippen molar-refractivity contribution in [3.8, 4) is 0 Å². The highest BCUT2D eigenvalue weighted by Crippen LogP contribution is 2.34. The van der Waals surface area contributed by atoms with Crippen LogP contribution in [0.5, 0.6) is 0 Å². The Hall–Kier alpha value is -3.18. The summed E-state index contributed by atoms with van der Waals surface area (Å²) in [6.07, 6.45) is 5.55. The zero-order chi connectivity index (χ0) is 25.6. The van der Waals surface area contributed by atoms with Crippen molar-refractivity contribution in [2.75, 3.05) is 35.5 Å². The molecule has 1 saturated heterocycles. The lowest BCUT2D eigenvalue weighted by atomic mass is 9.98. The van der Waals surface area contributed by atoms with Gasteiger partial charge in [-0.1, -0.05) is 11.6 Å². The Morgan fingerprint density at radius 1 is 1.17 bits per heavy atom. The molecule has 1 amide bonds. The van der Waals surface area contributed by atoms with Crippen LogP contribution < -0.4 is 9.62 Å². The quantitative estimate of drug-likeness (QED) is 0.539. The molecule has 12 heteroatoms. The number of carbonyl (C=O) groups excluding carboxylic acids is 1. The average Bonchev–Trinajstić information content (AvgIpc) is 3.43. The average molecular weight is 530 g/mol. The molecule has 0 radical (unpaired) electrons. The summed E-state index contributed by atoms with van der Waals surface area (Å²) in [5, 5.41) is 5.14. The minimum atomic E-state index is -3.58. The first-order chi connectivity index (χ1) is 17.1. The van der Waals surface area contributed by atoms with Crippen LogP contribution in [0.25, 0.3) is 5.65 Å². The Morgan fingerprint density at radius 2 is 1.97 bits per heavy atom. The fourth-order valence-electron chi connectivity index (χ4n) is 4.89. The first-order valence-corrected chi connectivity index (χ1v) is 14.1. The fraction of sp³-hybridized carbons (Fsp3) is 0.417. The number of nitrogens with zero attached hydrogens (tertiary/aromatic N) is 6. The number of sulfonamides is 1. The number of rotatable bonds is 5. The summed E-state index contributed by atoms with van der Waals surface area (Å²) in [5.41, 5.74) is 2.85. The zero-order valence-electron chi connectivity index (χ0n) is 20.4. The number of halogens is 1. The van der Waals surface area contributed by atoms with E-state index in [4.69, 9.17) is 21.7 Å². The van der Waals surface area contributed by atoms with Crippen molar-refractivity contribution in [2.24, 2.45) is 4.99 Å². The predicted octanol–water partition coefficient (Wildman–Crippen LogP) is 3.67. The van der Waals surface area contributed by atoms with E-state index in [9.17, 15) is 13.2 Å². The number of likely N-dealkylation sites (tertiary alicyclic amines) is 1. The van der Waals surface area contributed by atoms with E-state index in [1.54, 1.807) is 15.5 Å². The lowest BCUT2D eigenvalue weighted by Crippen LogP contribution is -2.39. The van der Waals surface area contributed by atoms with Gasteiger partial charge in [0.1, 0.15) is 11.7 Å². The van der Waals surface area contributed by atoms with Gasteiger partial charge in [0, 0.05) is 35.9 Å². The lowest BCUT2D eigenvalue weighted by Gasteiger charge is -2.35. The molecular weight excluding hydrogens is 502 g/mol. The highest BCUT2D eigenvalue weighted by Gasteiger charge is 2.32. The minimum Gasteiger partial charge on any atom is -0.330 e. The van der Waals surface area contributed by atoms with E-state index in [-0.39, 0.29) is 23.2 Å². The monoisotopic (exact) mass is 529 g/mol. The number of aliphatic imine (C=N–C) groups is 1. The summed E-state index contributed by atoms with van der Waals surface area (Å²) < 4.78 is 28.0. The number of carbonyl (C=O) groups is 1. The van der Waals surface area contributed by atoms with Crippen LogP contribution in [-0.2, 0) is 10.0 Å². The summed E-state index contributed by atoms with van der Waals surface area (Å²) in [7, 11) is -3.58. The third kappa shape index (κ3) is 4.77. The molecule has 2 aromatic heterocycles. The molecule has 0 unspecified atom stereocenters. The number of aromatic nitrogens is 3. The summed E-state index contributed by atoms with van der Waals surface area (Å²) in [6, 6.07) is 6.23. The number of benzene rings is 1.